The minimum absolute atomic E-state index is 0.0125. The second kappa shape index (κ2) is 12.3. The molecule has 1 aromatic heterocycles. The lowest BCUT2D eigenvalue weighted by molar-refractivity contribution is -0.139. The molecule has 33 heavy (non-hydrogen) atoms. The van der Waals surface area contributed by atoms with Gasteiger partial charge < -0.3 is 31.8 Å². The van der Waals surface area contributed by atoms with Crippen molar-refractivity contribution < 1.29 is 24.3 Å². The Morgan fingerprint density at radius 1 is 1.12 bits per heavy atom. The summed E-state index contributed by atoms with van der Waals surface area (Å²) in [5.41, 5.74) is 7.90. The number of thiol groups is 1. The molecular formula is C22H31N5O5S. The van der Waals surface area contributed by atoms with Crippen molar-refractivity contribution in [3.8, 4) is 0 Å². The number of carbonyl (C=O) groups is 4. The Morgan fingerprint density at radius 2 is 1.82 bits per heavy atom. The van der Waals surface area contributed by atoms with Gasteiger partial charge in [-0.1, -0.05) is 38.5 Å². The number of rotatable bonds is 12. The van der Waals surface area contributed by atoms with Gasteiger partial charge in [0.15, 0.2) is 0 Å². The number of carbonyl (C=O) groups excluding carboxylic acids is 3. The van der Waals surface area contributed by atoms with Crippen molar-refractivity contribution in [2.45, 2.75) is 44.8 Å². The fraction of sp³-hybridized carbons (Fsp3) is 0.455. The molecule has 0 saturated carbocycles. The number of carboxylic acid groups (broad SMARTS) is 1. The van der Waals surface area contributed by atoms with E-state index < -0.39 is 48.4 Å². The third-order valence-electron chi connectivity index (χ3n) is 5.47. The molecule has 0 spiro atoms. The molecule has 0 aliphatic heterocycles. The van der Waals surface area contributed by atoms with Crippen LogP contribution in [0.4, 0.5) is 0 Å². The highest BCUT2D eigenvalue weighted by molar-refractivity contribution is 7.80. The zero-order valence-electron chi connectivity index (χ0n) is 18.6. The van der Waals surface area contributed by atoms with Crippen LogP contribution in [0.1, 0.15) is 25.8 Å². The average Bonchev–Trinajstić information content (AvgIpc) is 3.21. The monoisotopic (exact) mass is 477 g/mol. The molecule has 3 amide bonds. The van der Waals surface area contributed by atoms with Crippen molar-refractivity contribution in [3.63, 3.8) is 0 Å². The summed E-state index contributed by atoms with van der Waals surface area (Å²) in [6.45, 7) is 3.05. The summed E-state index contributed by atoms with van der Waals surface area (Å²) >= 11 is 4.15. The number of hydrogen-bond donors (Lipinski definition) is 7. The standard InChI is InChI=1S/C22H31N5O5S/c1-3-12(2)19(22(32)25-10-18(28)29)27-21(31)17(11-33)26-20(30)15(23)8-13-9-24-16-7-5-4-6-14(13)16/h4-7,9,12,15,17,19,24,33H,3,8,10-11,23H2,1-2H3,(H,25,32)(H,26,30)(H,27,31)(H,28,29). The van der Waals surface area contributed by atoms with Crippen LogP contribution in [0.15, 0.2) is 30.5 Å². The maximum atomic E-state index is 12.8. The maximum absolute atomic E-state index is 12.8. The van der Waals surface area contributed by atoms with E-state index in [4.69, 9.17) is 10.8 Å². The lowest BCUT2D eigenvalue weighted by atomic mass is 9.98. The number of carboxylic acids is 1. The Morgan fingerprint density at radius 3 is 2.45 bits per heavy atom. The predicted octanol–water partition coefficient (Wildman–Crippen LogP) is 0.184. The van der Waals surface area contributed by atoms with Gasteiger partial charge in [0.05, 0.1) is 6.04 Å². The van der Waals surface area contributed by atoms with Crippen LogP contribution in [0.3, 0.4) is 0 Å². The minimum Gasteiger partial charge on any atom is -0.480 e. The topological polar surface area (TPSA) is 166 Å². The number of fused-ring (bicyclic) bond motifs is 1. The molecule has 0 bridgehead atoms. The van der Waals surface area contributed by atoms with Crippen molar-refractivity contribution in [1.29, 1.82) is 0 Å². The first kappa shape index (κ1) is 26.2. The molecule has 4 atom stereocenters. The van der Waals surface area contributed by atoms with Crippen molar-refractivity contribution >= 4 is 47.2 Å². The van der Waals surface area contributed by atoms with Gasteiger partial charge in [0, 0.05) is 22.9 Å². The number of nitrogens with one attached hydrogen (secondary N) is 4. The van der Waals surface area contributed by atoms with Crippen LogP contribution >= 0.6 is 12.6 Å². The van der Waals surface area contributed by atoms with Gasteiger partial charge in [0.1, 0.15) is 18.6 Å². The van der Waals surface area contributed by atoms with E-state index in [1.165, 1.54) is 0 Å². The van der Waals surface area contributed by atoms with E-state index in [1.807, 2.05) is 31.2 Å². The molecule has 1 aromatic carbocycles. The van der Waals surface area contributed by atoms with Gasteiger partial charge in [-0.25, -0.2) is 0 Å². The first-order valence-corrected chi connectivity index (χ1v) is 11.3. The van der Waals surface area contributed by atoms with E-state index in [-0.39, 0.29) is 18.1 Å². The molecule has 2 rings (SSSR count). The van der Waals surface area contributed by atoms with Crippen LogP contribution < -0.4 is 21.7 Å². The lowest BCUT2D eigenvalue weighted by Gasteiger charge is -2.26. The Bertz CT molecular complexity index is 994. The van der Waals surface area contributed by atoms with Crippen molar-refractivity contribution in [1.82, 2.24) is 20.9 Å². The van der Waals surface area contributed by atoms with Gasteiger partial charge >= 0.3 is 5.97 Å². The highest BCUT2D eigenvalue weighted by Crippen LogP contribution is 2.18. The molecular weight excluding hydrogens is 446 g/mol. The van der Waals surface area contributed by atoms with Crippen molar-refractivity contribution in [2.75, 3.05) is 12.3 Å². The van der Waals surface area contributed by atoms with Gasteiger partial charge in [-0.15, -0.1) is 0 Å². The van der Waals surface area contributed by atoms with E-state index in [0.29, 0.717) is 6.42 Å². The maximum Gasteiger partial charge on any atom is 0.322 e. The van der Waals surface area contributed by atoms with Gasteiger partial charge in [0.25, 0.3) is 0 Å². The molecule has 4 unspecified atom stereocenters. The van der Waals surface area contributed by atoms with Crippen LogP contribution in [-0.2, 0) is 25.6 Å². The number of amides is 3. The smallest absolute Gasteiger partial charge is 0.322 e. The lowest BCUT2D eigenvalue weighted by Crippen LogP contribution is -2.58. The predicted molar refractivity (Wildman–Crippen MR) is 128 cm³/mol. The van der Waals surface area contributed by atoms with Gasteiger partial charge in [-0.3, -0.25) is 19.2 Å². The number of nitrogens with two attached hydrogens (primary N) is 1. The van der Waals surface area contributed by atoms with Gasteiger partial charge in [-0.05, 0) is 24.0 Å². The zero-order valence-corrected chi connectivity index (χ0v) is 19.5. The van der Waals surface area contributed by atoms with Gasteiger partial charge in [-0.2, -0.15) is 12.6 Å². The Kier molecular flexibility index (Phi) is 9.74. The number of hydrogen-bond acceptors (Lipinski definition) is 6. The summed E-state index contributed by atoms with van der Waals surface area (Å²) in [6, 6.07) is 4.78. The van der Waals surface area contributed by atoms with Crippen molar-refractivity contribution in [3.05, 3.63) is 36.0 Å². The third-order valence-corrected chi connectivity index (χ3v) is 5.84. The van der Waals surface area contributed by atoms with Crippen LogP contribution in [0.2, 0.25) is 0 Å². The molecule has 0 aliphatic carbocycles. The minimum atomic E-state index is -1.19. The van der Waals surface area contributed by atoms with Crippen molar-refractivity contribution in [2.24, 2.45) is 11.7 Å². The highest BCUT2D eigenvalue weighted by Gasteiger charge is 2.30. The molecule has 180 valence electrons. The molecule has 1 heterocycles. The number of benzene rings is 1. The molecule has 11 heteroatoms. The molecule has 7 N–H and O–H groups in total. The number of aromatic amines is 1. The van der Waals surface area contributed by atoms with E-state index in [0.717, 1.165) is 16.5 Å². The summed E-state index contributed by atoms with van der Waals surface area (Å²) in [6.07, 6.45) is 2.63. The summed E-state index contributed by atoms with van der Waals surface area (Å²) in [5.74, 6) is -3.20. The fourth-order valence-corrected chi connectivity index (χ4v) is 3.59. The highest BCUT2D eigenvalue weighted by atomic mass is 32.1. The second-order valence-electron chi connectivity index (χ2n) is 7.90. The molecule has 10 nitrogen and oxygen atoms in total. The van der Waals surface area contributed by atoms with E-state index >= 15 is 0 Å². The third kappa shape index (κ3) is 7.22. The Hall–Kier alpha value is -3.05. The first-order valence-electron chi connectivity index (χ1n) is 10.7. The van der Waals surface area contributed by atoms with Crippen LogP contribution in [-0.4, -0.2) is 64.2 Å². The summed E-state index contributed by atoms with van der Waals surface area (Å²) in [4.78, 5) is 51.7. The number of H-pyrrole nitrogens is 1. The van der Waals surface area contributed by atoms with E-state index in [9.17, 15) is 19.2 Å². The zero-order chi connectivity index (χ0) is 24.5. The summed E-state index contributed by atoms with van der Waals surface area (Å²) in [5, 5.41) is 17.2. The summed E-state index contributed by atoms with van der Waals surface area (Å²) < 4.78 is 0. The number of aliphatic carboxylic acids is 1. The number of para-hydroxylation sites is 1. The average molecular weight is 478 g/mol. The molecule has 0 saturated heterocycles. The summed E-state index contributed by atoms with van der Waals surface area (Å²) in [7, 11) is 0. The molecule has 2 aromatic rings. The number of aromatic nitrogens is 1. The first-order chi connectivity index (χ1) is 15.7. The second-order valence-corrected chi connectivity index (χ2v) is 8.26. The quantitative estimate of drug-likeness (QED) is 0.215. The molecule has 0 aliphatic rings. The van der Waals surface area contributed by atoms with Crippen LogP contribution in [0, 0.1) is 5.92 Å². The molecule has 0 fully saturated rings. The Balaban J connectivity index is 2.01. The fourth-order valence-electron chi connectivity index (χ4n) is 3.33. The van der Waals surface area contributed by atoms with Crippen LogP contribution in [0.25, 0.3) is 10.9 Å². The Labute approximate surface area is 197 Å². The van der Waals surface area contributed by atoms with Gasteiger partial charge in [0.2, 0.25) is 17.7 Å². The normalized spacial score (nSPS) is 14.7. The van der Waals surface area contributed by atoms with Crippen LogP contribution in [0.5, 0.6) is 0 Å². The van der Waals surface area contributed by atoms with E-state index in [1.54, 1.807) is 13.1 Å². The van der Waals surface area contributed by atoms with E-state index in [2.05, 4.69) is 33.6 Å². The SMILES string of the molecule is CCC(C)C(NC(=O)C(CS)NC(=O)C(N)Cc1c[nH]c2ccccc12)C(=O)NCC(=O)O. The largest absolute Gasteiger partial charge is 0.480 e. The molecule has 0 radical (unpaired) electrons.